The number of benzene rings is 2. The number of H-pyrrole nitrogens is 1. The summed E-state index contributed by atoms with van der Waals surface area (Å²) < 4.78 is 0. The van der Waals surface area contributed by atoms with Crippen molar-refractivity contribution in [2.24, 2.45) is 0 Å². The molecule has 0 spiro atoms. The molecule has 1 aliphatic rings. The third-order valence-corrected chi connectivity index (χ3v) is 4.14. The molecule has 0 saturated carbocycles. The molecule has 4 rings (SSSR count). The predicted molar refractivity (Wildman–Crippen MR) is 90.9 cm³/mol. The minimum atomic E-state index is -0.0562. The van der Waals surface area contributed by atoms with Gasteiger partial charge < -0.3 is 4.98 Å². The predicted octanol–water partition coefficient (Wildman–Crippen LogP) is 2.62. The number of carbonyl (C=O) groups excluding carboxylic acids is 1. The van der Waals surface area contributed by atoms with Crippen molar-refractivity contribution >= 4 is 41.2 Å². The molecular weight excluding hydrogens is 272 g/mol. The molecule has 3 aromatic rings. The number of hydrogen-bond acceptors (Lipinski definition) is 1. The Kier molecular flexibility index (Phi) is 2.42. The largest absolute Gasteiger partial charge is 0.355 e. The normalized spacial score (nSPS) is 13.9. The average molecular weight is 286 g/mol. The van der Waals surface area contributed by atoms with Crippen LogP contribution < -0.4 is 15.6 Å². The van der Waals surface area contributed by atoms with Crippen LogP contribution in [0, 0.1) is 0 Å². The molecule has 0 unspecified atom stereocenters. The zero-order valence-electron chi connectivity index (χ0n) is 12.0. The zero-order chi connectivity index (χ0) is 15.4. The van der Waals surface area contributed by atoms with Crippen molar-refractivity contribution in [1.29, 1.82) is 0 Å². The highest BCUT2D eigenvalue weighted by Crippen LogP contribution is 2.36. The van der Waals surface area contributed by atoms with E-state index in [-0.39, 0.29) is 5.91 Å². The summed E-state index contributed by atoms with van der Waals surface area (Å²) in [6.07, 6.45) is 0. The molecule has 0 fully saturated rings. The Morgan fingerprint density at radius 2 is 1.45 bits per heavy atom. The van der Waals surface area contributed by atoms with Crippen molar-refractivity contribution in [3.8, 4) is 0 Å². The van der Waals surface area contributed by atoms with Crippen LogP contribution in [0.3, 0.4) is 0 Å². The first kappa shape index (κ1) is 12.7. The van der Waals surface area contributed by atoms with Crippen LogP contribution in [-0.2, 0) is 0 Å². The Morgan fingerprint density at radius 3 is 2.09 bits per heavy atom. The molecule has 0 atom stereocenters. The number of fused-ring (bicyclic) bond motifs is 2. The number of anilines is 1. The van der Waals surface area contributed by atoms with Gasteiger partial charge in [0.05, 0.1) is 11.3 Å². The van der Waals surface area contributed by atoms with Crippen LogP contribution >= 0.6 is 0 Å². The van der Waals surface area contributed by atoms with Gasteiger partial charge in [0.25, 0.3) is 5.91 Å². The fraction of sp³-hybridized carbons (Fsp3) is 0. The number of hydrogen-bond donors (Lipinski definition) is 1. The van der Waals surface area contributed by atoms with Crippen LogP contribution in [0.25, 0.3) is 29.6 Å². The minimum Gasteiger partial charge on any atom is -0.355 e. The summed E-state index contributed by atoms with van der Waals surface area (Å²) in [5, 5.41) is 3.49. The lowest BCUT2D eigenvalue weighted by molar-refractivity contribution is 0.101. The van der Waals surface area contributed by atoms with Gasteiger partial charge in [0.2, 0.25) is 0 Å². The van der Waals surface area contributed by atoms with Crippen LogP contribution in [0.1, 0.15) is 15.9 Å². The second-order valence-electron chi connectivity index (χ2n) is 5.45. The zero-order valence-corrected chi connectivity index (χ0v) is 12.0. The van der Waals surface area contributed by atoms with Crippen molar-refractivity contribution < 1.29 is 4.79 Å². The second-order valence-corrected chi connectivity index (χ2v) is 5.45. The summed E-state index contributed by atoms with van der Waals surface area (Å²) in [7, 11) is 0. The van der Waals surface area contributed by atoms with Gasteiger partial charge in [0.15, 0.2) is 0 Å². The Hall–Kier alpha value is -3.07. The summed E-state index contributed by atoms with van der Waals surface area (Å²) in [5.41, 5.74) is 3.03. The summed E-state index contributed by atoms with van der Waals surface area (Å²) in [6, 6.07) is 13.4. The fourth-order valence-electron chi connectivity index (χ4n) is 3.05. The molecule has 0 aliphatic carbocycles. The van der Waals surface area contributed by atoms with Gasteiger partial charge in [-0.3, -0.25) is 9.69 Å². The lowest BCUT2D eigenvalue weighted by Gasteiger charge is -2.17. The molecule has 0 bridgehead atoms. The number of nitrogens with one attached hydrogen (secondary N) is 1. The van der Waals surface area contributed by atoms with Crippen molar-refractivity contribution in [1.82, 2.24) is 4.98 Å². The Labute approximate surface area is 127 Å². The highest BCUT2D eigenvalue weighted by Gasteiger charge is 2.32. The number of nitrogens with zero attached hydrogens (tertiary/aromatic N) is 1. The molecule has 0 radical (unpaired) electrons. The van der Waals surface area contributed by atoms with Gasteiger partial charge >= 0.3 is 0 Å². The maximum absolute atomic E-state index is 12.8. The van der Waals surface area contributed by atoms with E-state index in [1.54, 1.807) is 4.90 Å². The van der Waals surface area contributed by atoms with Gasteiger partial charge in [-0.2, -0.15) is 0 Å². The van der Waals surface area contributed by atoms with E-state index in [4.69, 9.17) is 0 Å². The monoisotopic (exact) mass is 286 g/mol. The van der Waals surface area contributed by atoms with E-state index in [0.29, 0.717) is 11.3 Å². The van der Waals surface area contributed by atoms with Crippen LogP contribution in [0.2, 0.25) is 0 Å². The molecule has 0 saturated heterocycles. The highest BCUT2D eigenvalue weighted by molar-refractivity contribution is 6.23. The molecule has 1 aromatic heterocycles. The number of para-hydroxylation sites is 1. The van der Waals surface area contributed by atoms with E-state index >= 15 is 0 Å². The van der Waals surface area contributed by atoms with E-state index in [1.165, 1.54) is 0 Å². The minimum absolute atomic E-state index is 0.0562. The van der Waals surface area contributed by atoms with Crippen LogP contribution in [0.5, 0.6) is 0 Å². The summed E-state index contributed by atoms with van der Waals surface area (Å²) in [5.74, 6) is -0.0562. The van der Waals surface area contributed by atoms with E-state index in [9.17, 15) is 4.79 Å². The molecule has 3 nitrogen and oxygen atoms in total. The van der Waals surface area contributed by atoms with Gasteiger partial charge in [-0.25, -0.2) is 0 Å². The first-order valence-electron chi connectivity index (χ1n) is 7.00. The fourth-order valence-corrected chi connectivity index (χ4v) is 3.05. The summed E-state index contributed by atoms with van der Waals surface area (Å²) >= 11 is 0. The highest BCUT2D eigenvalue weighted by atomic mass is 16.2. The topological polar surface area (TPSA) is 36.1 Å². The Morgan fingerprint density at radius 1 is 0.864 bits per heavy atom. The summed E-state index contributed by atoms with van der Waals surface area (Å²) in [4.78, 5) is 17.6. The van der Waals surface area contributed by atoms with Gasteiger partial charge in [-0.1, -0.05) is 37.9 Å². The SMILES string of the molecule is C=C1c2cc3c(=C)[nH]c(=C)c3cc2C(=O)N1c1ccccc1. The molecule has 1 amide bonds. The van der Waals surface area contributed by atoms with Crippen molar-refractivity contribution in [2.75, 3.05) is 4.90 Å². The van der Waals surface area contributed by atoms with Crippen LogP contribution in [0.4, 0.5) is 5.69 Å². The quantitative estimate of drug-likeness (QED) is 0.733. The smallest absolute Gasteiger partial charge is 0.263 e. The van der Waals surface area contributed by atoms with Crippen molar-refractivity contribution in [3.63, 3.8) is 0 Å². The maximum Gasteiger partial charge on any atom is 0.263 e. The van der Waals surface area contributed by atoms with Gasteiger partial charge in [-0.05, 0) is 24.3 Å². The van der Waals surface area contributed by atoms with E-state index in [2.05, 4.69) is 24.7 Å². The van der Waals surface area contributed by atoms with Crippen LogP contribution in [0.15, 0.2) is 49.0 Å². The van der Waals surface area contributed by atoms with Crippen molar-refractivity contribution in [3.05, 3.63) is 70.9 Å². The lowest BCUT2D eigenvalue weighted by atomic mass is 10.0. The van der Waals surface area contributed by atoms with Crippen molar-refractivity contribution in [2.45, 2.75) is 0 Å². The van der Waals surface area contributed by atoms with Gasteiger partial charge in [0, 0.05) is 32.7 Å². The second kappa shape index (κ2) is 4.21. The van der Waals surface area contributed by atoms with E-state index in [1.807, 2.05) is 42.5 Å². The third-order valence-electron chi connectivity index (χ3n) is 4.14. The van der Waals surface area contributed by atoms with Crippen LogP contribution in [-0.4, -0.2) is 10.9 Å². The number of amides is 1. The number of aromatic amines is 1. The summed E-state index contributed by atoms with van der Waals surface area (Å²) in [6.45, 7) is 12.1. The van der Waals surface area contributed by atoms with E-state index in [0.717, 1.165) is 32.7 Å². The number of rotatable bonds is 1. The first-order chi connectivity index (χ1) is 10.6. The van der Waals surface area contributed by atoms with Gasteiger partial charge in [0.1, 0.15) is 0 Å². The number of aromatic nitrogens is 1. The average Bonchev–Trinajstić information content (AvgIpc) is 2.94. The lowest BCUT2D eigenvalue weighted by Crippen LogP contribution is -2.21. The molecule has 2 aromatic carbocycles. The molecule has 22 heavy (non-hydrogen) atoms. The maximum atomic E-state index is 12.8. The number of carbonyl (C=O) groups is 1. The van der Waals surface area contributed by atoms with Gasteiger partial charge in [-0.15, -0.1) is 0 Å². The molecule has 1 aliphatic heterocycles. The standard InChI is InChI=1S/C19H14N2O/c1-11-15-9-17-13(3)21(14-7-5-4-6-8-14)19(22)18(17)10-16(15)12(2)20-11/h4-10,20H,1-3H2. The first-order valence-corrected chi connectivity index (χ1v) is 7.00. The third kappa shape index (κ3) is 1.53. The van der Waals surface area contributed by atoms with E-state index < -0.39 is 0 Å². The molecule has 3 heteroatoms. The molecule has 106 valence electrons. The molecular formula is C19H14N2O. The molecule has 2 heterocycles. The molecule has 1 N–H and O–H groups in total. The Bertz CT molecular complexity index is 980. The Balaban J connectivity index is 1.98.